The fourth-order valence-corrected chi connectivity index (χ4v) is 2.93. The summed E-state index contributed by atoms with van der Waals surface area (Å²) in [6.07, 6.45) is 23.4. The van der Waals surface area contributed by atoms with Crippen LogP contribution in [0.1, 0.15) is 136 Å². The van der Waals surface area contributed by atoms with Crippen LogP contribution in [-0.4, -0.2) is 17.5 Å². The van der Waals surface area contributed by atoms with Crippen LogP contribution in [0.15, 0.2) is 0 Å². The first kappa shape index (κ1) is 26.9. The highest BCUT2D eigenvalue weighted by Gasteiger charge is 1.93. The van der Waals surface area contributed by atoms with Gasteiger partial charge in [0.15, 0.2) is 0 Å². The van der Waals surface area contributed by atoms with E-state index in [0.29, 0.717) is 12.4 Å². The third kappa shape index (κ3) is 31.9. The number of hydrogen-bond acceptors (Lipinski definition) is 2. The molecule has 0 amide bonds. The van der Waals surface area contributed by atoms with E-state index >= 15 is 0 Å². The maximum Gasteiger partial charge on any atom is 0.129 e. The van der Waals surface area contributed by atoms with Crippen LogP contribution in [0.4, 0.5) is 0 Å². The van der Waals surface area contributed by atoms with Gasteiger partial charge in [-0.1, -0.05) is 110 Å². The Bertz CT molecular complexity index is 224. The van der Waals surface area contributed by atoms with Crippen LogP contribution in [-0.2, 0) is 4.79 Å². The molecule has 0 aromatic rings. The summed E-state index contributed by atoms with van der Waals surface area (Å²) in [6, 6.07) is 0. The highest BCUT2D eigenvalue weighted by molar-refractivity contribution is 5.75. The van der Waals surface area contributed by atoms with Crippen molar-refractivity contribution >= 4 is 5.78 Å². The van der Waals surface area contributed by atoms with E-state index in [0.717, 1.165) is 19.3 Å². The molecule has 0 saturated carbocycles. The zero-order valence-electron chi connectivity index (χ0n) is 17.8. The van der Waals surface area contributed by atoms with Crippen LogP contribution in [0.25, 0.3) is 0 Å². The highest BCUT2D eigenvalue weighted by Crippen LogP contribution is 2.12. The molecular formula is C23H48O2. The Morgan fingerprint density at radius 1 is 0.560 bits per heavy atom. The third-order valence-corrected chi connectivity index (χ3v) is 4.64. The number of ketones is 1. The Balaban J connectivity index is 0. The van der Waals surface area contributed by atoms with Gasteiger partial charge in [0.25, 0.3) is 0 Å². The molecule has 0 aromatic carbocycles. The van der Waals surface area contributed by atoms with Gasteiger partial charge >= 0.3 is 0 Å². The fraction of sp³-hybridized carbons (Fsp3) is 0.957. The number of unbranched alkanes of at least 4 members (excludes halogenated alkanes) is 15. The van der Waals surface area contributed by atoms with Gasteiger partial charge in [-0.15, -0.1) is 0 Å². The Morgan fingerprint density at radius 2 is 0.880 bits per heavy atom. The lowest BCUT2D eigenvalue weighted by molar-refractivity contribution is -0.117. The van der Waals surface area contributed by atoms with E-state index in [9.17, 15) is 4.79 Å². The van der Waals surface area contributed by atoms with Gasteiger partial charge in [-0.25, -0.2) is 0 Å². The molecule has 1 N–H and O–H groups in total. The molecule has 2 nitrogen and oxygen atoms in total. The second-order valence-corrected chi connectivity index (χ2v) is 7.48. The first-order chi connectivity index (χ1) is 12.2. The maximum atomic E-state index is 10.3. The van der Waals surface area contributed by atoms with Crippen molar-refractivity contribution in [1.82, 2.24) is 0 Å². The molecule has 152 valence electrons. The van der Waals surface area contributed by atoms with Crippen molar-refractivity contribution in [2.75, 3.05) is 6.61 Å². The number of aliphatic hydroxyl groups excluding tert-OH is 1. The fourth-order valence-electron chi connectivity index (χ4n) is 2.93. The molecule has 0 aromatic heterocycles. The molecule has 0 heterocycles. The zero-order valence-corrected chi connectivity index (χ0v) is 17.8. The van der Waals surface area contributed by atoms with Gasteiger partial charge in [0.1, 0.15) is 5.78 Å². The quantitative estimate of drug-likeness (QED) is 0.256. The maximum absolute atomic E-state index is 10.3. The van der Waals surface area contributed by atoms with E-state index < -0.39 is 0 Å². The summed E-state index contributed by atoms with van der Waals surface area (Å²) in [6.45, 7) is 6.44. The number of carbonyl (C=O) groups excluding carboxylic acids is 1. The van der Waals surface area contributed by atoms with Crippen LogP contribution < -0.4 is 0 Å². The largest absolute Gasteiger partial charge is 0.396 e. The summed E-state index contributed by atoms with van der Waals surface area (Å²) < 4.78 is 0. The Labute approximate surface area is 159 Å². The topological polar surface area (TPSA) is 37.3 Å². The molecule has 2 heteroatoms. The van der Waals surface area contributed by atoms with Crippen LogP contribution >= 0.6 is 0 Å². The molecule has 0 saturated heterocycles. The van der Waals surface area contributed by atoms with Crippen LogP contribution in [0, 0.1) is 0 Å². The predicted octanol–water partition coefficient (Wildman–Crippen LogP) is 7.62. The average Bonchev–Trinajstić information content (AvgIpc) is 2.59. The summed E-state index contributed by atoms with van der Waals surface area (Å²) >= 11 is 0. The van der Waals surface area contributed by atoms with Gasteiger partial charge in [0.05, 0.1) is 0 Å². The average molecular weight is 357 g/mol. The van der Waals surface area contributed by atoms with E-state index in [1.165, 1.54) is 96.3 Å². The van der Waals surface area contributed by atoms with E-state index in [4.69, 9.17) is 5.11 Å². The first-order valence-corrected chi connectivity index (χ1v) is 11.3. The summed E-state index contributed by atoms with van der Waals surface area (Å²) in [5, 5.41) is 8.64. The SMILES string of the molecule is CCCCCC(C)=O.CCCCCCCCCCCCCCCCO. The molecule has 0 fully saturated rings. The number of aliphatic hydroxyl groups is 1. The summed E-state index contributed by atoms with van der Waals surface area (Å²) in [5.41, 5.74) is 0. The van der Waals surface area contributed by atoms with E-state index in [-0.39, 0.29) is 0 Å². The molecule has 0 aliphatic carbocycles. The Morgan fingerprint density at radius 3 is 1.20 bits per heavy atom. The molecule has 0 aliphatic rings. The second-order valence-electron chi connectivity index (χ2n) is 7.48. The summed E-state index contributed by atoms with van der Waals surface area (Å²) in [5.74, 6) is 0.318. The number of rotatable bonds is 18. The lowest BCUT2D eigenvalue weighted by atomic mass is 10.0. The van der Waals surface area contributed by atoms with E-state index in [1.807, 2.05) is 0 Å². The molecule has 0 aliphatic heterocycles. The zero-order chi connectivity index (χ0) is 19.0. The minimum absolute atomic E-state index is 0.318. The van der Waals surface area contributed by atoms with E-state index in [2.05, 4.69) is 13.8 Å². The smallest absolute Gasteiger partial charge is 0.129 e. The predicted molar refractivity (Wildman–Crippen MR) is 112 cm³/mol. The monoisotopic (exact) mass is 356 g/mol. The van der Waals surface area contributed by atoms with Gasteiger partial charge in [-0.05, 0) is 19.8 Å². The standard InChI is InChI=1S/C16H34O.C7H14O/c1-2-3-4-5-6-7-8-9-10-11-12-13-14-15-16-17;1-3-4-5-6-7(2)8/h17H,2-16H2,1H3;3-6H2,1-2H3. The molecule has 0 radical (unpaired) electrons. The Hall–Kier alpha value is -0.370. The molecule has 0 spiro atoms. The molecule has 0 unspecified atom stereocenters. The molecule has 0 atom stereocenters. The van der Waals surface area contributed by atoms with Crippen molar-refractivity contribution in [3.8, 4) is 0 Å². The molecule has 0 bridgehead atoms. The number of Topliss-reactive ketones (excluding diaryl/α,β-unsaturated/α-hetero) is 1. The second kappa shape index (κ2) is 25.9. The van der Waals surface area contributed by atoms with Crippen molar-refractivity contribution in [1.29, 1.82) is 0 Å². The summed E-state index contributed by atoms with van der Waals surface area (Å²) in [4.78, 5) is 10.3. The van der Waals surface area contributed by atoms with Crippen molar-refractivity contribution in [2.45, 2.75) is 136 Å². The molecular weight excluding hydrogens is 308 g/mol. The lowest BCUT2D eigenvalue weighted by Gasteiger charge is -2.02. The van der Waals surface area contributed by atoms with Gasteiger partial charge < -0.3 is 9.90 Å². The Kier molecular flexibility index (Phi) is 27.8. The minimum atomic E-state index is 0.318. The molecule has 25 heavy (non-hydrogen) atoms. The number of hydrogen-bond donors (Lipinski definition) is 1. The van der Waals surface area contributed by atoms with Crippen LogP contribution in [0.5, 0.6) is 0 Å². The van der Waals surface area contributed by atoms with Gasteiger partial charge in [0, 0.05) is 13.0 Å². The highest BCUT2D eigenvalue weighted by atomic mass is 16.2. The lowest BCUT2D eigenvalue weighted by Crippen LogP contribution is -1.87. The van der Waals surface area contributed by atoms with E-state index in [1.54, 1.807) is 6.92 Å². The van der Waals surface area contributed by atoms with Crippen molar-refractivity contribution in [3.63, 3.8) is 0 Å². The summed E-state index contributed by atoms with van der Waals surface area (Å²) in [7, 11) is 0. The van der Waals surface area contributed by atoms with Crippen molar-refractivity contribution in [3.05, 3.63) is 0 Å². The van der Waals surface area contributed by atoms with Gasteiger partial charge in [0.2, 0.25) is 0 Å². The number of carbonyl (C=O) groups is 1. The first-order valence-electron chi connectivity index (χ1n) is 11.3. The van der Waals surface area contributed by atoms with Gasteiger partial charge in [-0.2, -0.15) is 0 Å². The molecule has 0 rings (SSSR count). The van der Waals surface area contributed by atoms with Crippen molar-refractivity contribution < 1.29 is 9.90 Å². The normalized spacial score (nSPS) is 10.4. The third-order valence-electron chi connectivity index (χ3n) is 4.64. The van der Waals surface area contributed by atoms with Crippen molar-refractivity contribution in [2.24, 2.45) is 0 Å². The van der Waals surface area contributed by atoms with Crippen LogP contribution in [0.2, 0.25) is 0 Å². The minimum Gasteiger partial charge on any atom is -0.396 e. The van der Waals surface area contributed by atoms with Gasteiger partial charge in [-0.3, -0.25) is 0 Å². The van der Waals surface area contributed by atoms with Crippen LogP contribution in [0.3, 0.4) is 0 Å².